The van der Waals surface area contributed by atoms with Crippen LogP contribution >= 0.6 is 0 Å². The molecule has 0 saturated heterocycles. The lowest BCUT2D eigenvalue weighted by atomic mass is 9.48. The Bertz CT molecular complexity index is 395. The zero-order valence-corrected chi connectivity index (χ0v) is 11.4. The second-order valence-corrected chi connectivity index (χ2v) is 7.17. The molecule has 4 nitrogen and oxygen atoms in total. The highest BCUT2D eigenvalue weighted by Gasteiger charge is 2.62. The predicted octanol–water partition coefficient (Wildman–Crippen LogP) is 1.49. The van der Waals surface area contributed by atoms with Crippen LogP contribution in [0.25, 0.3) is 0 Å². The van der Waals surface area contributed by atoms with Crippen LogP contribution in [0.5, 0.6) is 0 Å². The Labute approximate surface area is 116 Å². The van der Waals surface area contributed by atoms with Crippen LogP contribution in [0.2, 0.25) is 0 Å². The highest BCUT2D eigenvalue weighted by Crippen LogP contribution is 2.60. The van der Waals surface area contributed by atoms with Crippen LogP contribution in [0.4, 0.5) is 8.78 Å². The van der Waals surface area contributed by atoms with Crippen LogP contribution in [0.1, 0.15) is 39.0 Å². The molecule has 4 bridgehead atoms. The molecule has 2 N–H and O–H groups in total. The van der Waals surface area contributed by atoms with E-state index in [1.54, 1.807) is 0 Å². The van der Waals surface area contributed by atoms with Gasteiger partial charge in [-0.05, 0) is 37.5 Å². The van der Waals surface area contributed by atoms with Crippen molar-refractivity contribution in [3.8, 4) is 0 Å². The zero-order valence-electron chi connectivity index (χ0n) is 11.4. The third-order valence-electron chi connectivity index (χ3n) is 4.98. The molecule has 0 aromatic heterocycles. The summed E-state index contributed by atoms with van der Waals surface area (Å²) in [4.78, 5) is 12.1. The summed E-state index contributed by atoms with van der Waals surface area (Å²) >= 11 is 0. The Morgan fingerprint density at radius 2 is 1.65 bits per heavy atom. The lowest BCUT2D eigenvalue weighted by Crippen LogP contribution is -2.63. The van der Waals surface area contributed by atoms with E-state index in [4.69, 9.17) is 4.74 Å². The first-order valence-corrected chi connectivity index (χ1v) is 7.09. The number of esters is 1. The Morgan fingerprint density at radius 3 is 2.05 bits per heavy atom. The number of ether oxygens (including phenoxy) is 1. The minimum absolute atomic E-state index is 0.163. The van der Waals surface area contributed by atoms with Crippen molar-refractivity contribution in [2.24, 2.45) is 17.8 Å². The molecule has 0 atom stereocenters. The maximum Gasteiger partial charge on any atom is 0.309 e. The molecule has 4 saturated carbocycles. The number of alkyl halides is 2. The molecular weight excluding hydrogens is 270 g/mol. The average molecular weight is 290 g/mol. The number of halogens is 2. The first kappa shape index (κ1) is 14.2. The van der Waals surface area contributed by atoms with Gasteiger partial charge >= 0.3 is 5.97 Å². The molecule has 6 heteroatoms. The van der Waals surface area contributed by atoms with Gasteiger partial charge in [0.2, 0.25) is 0 Å². The van der Waals surface area contributed by atoms with Gasteiger partial charge in [0.25, 0.3) is 5.92 Å². The molecule has 0 aromatic rings. The molecule has 0 aliphatic heterocycles. The molecule has 20 heavy (non-hydrogen) atoms. The van der Waals surface area contributed by atoms with Crippen molar-refractivity contribution in [2.75, 3.05) is 6.61 Å². The molecule has 4 aliphatic carbocycles. The van der Waals surface area contributed by atoms with E-state index in [9.17, 15) is 23.8 Å². The van der Waals surface area contributed by atoms with E-state index in [0.29, 0.717) is 39.0 Å². The third-order valence-corrected chi connectivity index (χ3v) is 4.98. The van der Waals surface area contributed by atoms with Crippen LogP contribution in [-0.2, 0) is 9.53 Å². The largest absolute Gasteiger partial charge is 0.459 e. The smallest absolute Gasteiger partial charge is 0.309 e. The van der Waals surface area contributed by atoms with Gasteiger partial charge in [0.1, 0.15) is 0 Å². The van der Waals surface area contributed by atoms with Crippen molar-refractivity contribution in [1.82, 2.24) is 0 Å². The molecule has 114 valence electrons. The Balaban J connectivity index is 1.72. The normalized spacial score (nSPS) is 46.5. The van der Waals surface area contributed by atoms with Crippen LogP contribution in [0.3, 0.4) is 0 Å². The maximum atomic E-state index is 12.8. The summed E-state index contributed by atoms with van der Waals surface area (Å²) in [6.45, 7) is -0.196. The zero-order chi connectivity index (χ0) is 14.8. The molecular formula is C14H20F2O4. The average Bonchev–Trinajstić information content (AvgIpc) is 2.20. The van der Waals surface area contributed by atoms with E-state index >= 15 is 0 Å². The van der Waals surface area contributed by atoms with Crippen molar-refractivity contribution in [1.29, 1.82) is 0 Å². The standard InChI is InChI=1S/C14H20F2O4/c1-12(15,16)7-20-11(17)10-8-2-13(18)4-9(10)5-14(19,3-8)6-13/h8-10,18-19H,2-7H2,1H3. The molecule has 0 unspecified atom stereocenters. The number of hydrogen-bond acceptors (Lipinski definition) is 4. The molecule has 0 amide bonds. The number of aliphatic hydroxyl groups is 2. The summed E-state index contributed by atoms with van der Waals surface area (Å²) < 4.78 is 30.3. The fourth-order valence-electron chi connectivity index (χ4n) is 4.74. The van der Waals surface area contributed by atoms with Gasteiger partial charge < -0.3 is 14.9 Å². The summed E-state index contributed by atoms with van der Waals surface area (Å²) in [6.07, 6.45) is 2.17. The summed E-state index contributed by atoms with van der Waals surface area (Å²) in [5.41, 5.74) is -1.79. The monoisotopic (exact) mass is 290 g/mol. The Morgan fingerprint density at radius 1 is 1.20 bits per heavy atom. The molecule has 0 heterocycles. The van der Waals surface area contributed by atoms with E-state index in [2.05, 4.69) is 0 Å². The molecule has 4 fully saturated rings. The Kier molecular flexibility index (Phi) is 2.93. The van der Waals surface area contributed by atoms with E-state index < -0.39 is 35.6 Å². The molecule has 0 radical (unpaired) electrons. The third kappa shape index (κ3) is 2.44. The van der Waals surface area contributed by atoms with Crippen molar-refractivity contribution >= 4 is 5.97 Å². The predicted molar refractivity (Wildman–Crippen MR) is 65.0 cm³/mol. The lowest BCUT2D eigenvalue weighted by molar-refractivity contribution is -0.226. The second-order valence-electron chi connectivity index (χ2n) is 7.17. The highest BCUT2D eigenvalue weighted by molar-refractivity contribution is 5.74. The van der Waals surface area contributed by atoms with Crippen molar-refractivity contribution < 1.29 is 28.5 Å². The fourth-order valence-corrected chi connectivity index (χ4v) is 4.74. The minimum atomic E-state index is -3.03. The minimum Gasteiger partial charge on any atom is -0.459 e. The van der Waals surface area contributed by atoms with Gasteiger partial charge in [-0.25, -0.2) is 8.78 Å². The summed E-state index contributed by atoms with van der Waals surface area (Å²) in [7, 11) is 0. The topological polar surface area (TPSA) is 66.8 Å². The number of hydrogen-bond donors (Lipinski definition) is 2. The van der Waals surface area contributed by atoms with Crippen molar-refractivity contribution in [3.05, 3.63) is 0 Å². The molecule has 0 spiro atoms. The van der Waals surface area contributed by atoms with Crippen LogP contribution in [0.15, 0.2) is 0 Å². The Hall–Kier alpha value is -0.750. The van der Waals surface area contributed by atoms with Crippen LogP contribution in [-0.4, -0.2) is 39.9 Å². The molecule has 4 aliphatic rings. The van der Waals surface area contributed by atoms with Gasteiger partial charge in [-0.1, -0.05) is 0 Å². The van der Waals surface area contributed by atoms with Gasteiger partial charge in [-0.3, -0.25) is 4.79 Å². The lowest BCUT2D eigenvalue weighted by Gasteiger charge is -2.60. The quantitative estimate of drug-likeness (QED) is 0.773. The van der Waals surface area contributed by atoms with Gasteiger partial charge in [0.05, 0.1) is 17.1 Å². The summed E-state index contributed by atoms with van der Waals surface area (Å²) in [5.74, 6) is -4.42. The first-order chi connectivity index (χ1) is 9.09. The van der Waals surface area contributed by atoms with Crippen LogP contribution in [0, 0.1) is 17.8 Å². The van der Waals surface area contributed by atoms with E-state index in [1.807, 2.05) is 0 Å². The van der Waals surface area contributed by atoms with Gasteiger partial charge in [-0.15, -0.1) is 0 Å². The second kappa shape index (κ2) is 4.13. The highest BCUT2D eigenvalue weighted by atomic mass is 19.3. The van der Waals surface area contributed by atoms with Gasteiger partial charge in [-0.2, -0.15) is 0 Å². The van der Waals surface area contributed by atoms with Crippen molar-refractivity contribution in [3.63, 3.8) is 0 Å². The first-order valence-electron chi connectivity index (χ1n) is 7.09. The van der Waals surface area contributed by atoms with Crippen LogP contribution < -0.4 is 0 Å². The van der Waals surface area contributed by atoms with Gasteiger partial charge in [0.15, 0.2) is 6.61 Å². The summed E-state index contributed by atoms with van der Waals surface area (Å²) in [5, 5.41) is 20.8. The fraction of sp³-hybridized carbons (Fsp3) is 0.929. The van der Waals surface area contributed by atoms with E-state index in [-0.39, 0.29) is 11.8 Å². The number of rotatable bonds is 3. The molecule has 0 aromatic carbocycles. The van der Waals surface area contributed by atoms with E-state index in [1.165, 1.54) is 0 Å². The van der Waals surface area contributed by atoms with Crippen molar-refractivity contribution in [2.45, 2.75) is 56.2 Å². The summed E-state index contributed by atoms with van der Waals surface area (Å²) in [6, 6.07) is 0. The van der Waals surface area contributed by atoms with Gasteiger partial charge in [0, 0.05) is 13.3 Å². The molecule has 4 rings (SSSR count). The number of carbonyl (C=O) groups excluding carboxylic acids is 1. The number of carbonyl (C=O) groups is 1. The maximum absolute atomic E-state index is 12.8. The SMILES string of the molecule is CC(F)(F)COC(=O)C1C2CC3(O)CC1CC(O)(C2)C3. The van der Waals surface area contributed by atoms with E-state index in [0.717, 1.165) is 0 Å².